The highest BCUT2D eigenvalue weighted by Crippen LogP contribution is 2.23. The molecule has 76 valence electrons. The lowest BCUT2D eigenvalue weighted by molar-refractivity contribution is 0.463. The van der Waals surface area contributed by atoms with E-state index in [9.17, 15) is 5.11 Å². The van der Waals surface area contributed by atoms with Gasteiger partial charge in [-0.05, 0) is 6.92 Å². The fourth-order valence-electron chi connectivity index (χ4n) is 1.56. The molecule has 2 rings (SSSR count). The molecule has 0 amide bonds. The van der Waals surface area contributed by atoms with E-state index in [0.717, 1.165) is 26.2 Å². The predicted octanol–water partition coefficient (Wildman–Crippen LogP) is -0.0998. The largest absolute Gasteiger partial charge is 0.503 e. The van der Waals surface area contributed by atoms with Crippen molar-refractivity contribution in [1.82, 2.24) is 15.3 Å². The summed E-state index contributed by atoms with van der Waals surface area (Å²) in [5.74, 6) is 1.51. The molecule has 1 aromatic rings. The van der Waals surface area contributed by atoms with Crippen molar-refractivity contribution in [3.63, 3.8) is 0 Å². The third-order valence-electron chi connectivity index (χ3n) is 2.29. The van der Waals surface area contributed by atoms with E-state index in [4.69, 9.17) is 0 Å². The van der Waals surface area contributed by atoms with Gasteiger partial charge in [-0.15, -0.1) is 0 Å². The van der Waals surface area contributed by atoms with Crippen LogP contribution in [0.25, 0.3) is 0 Å². The molecular formula is C9H14N4O. The van der Waals surface area contributed by atoms with E-state index < -0.39 is 0 Å². The van der Waals surface area contributed by atoms with Crippen LogP contribution in [-0.2, 0) is 0 Å². The van der Waals surface area contributed by atoms with Crippen molar-refractivity contribution >= 4 is 5.82 Å². The van der Waals surface area contributed by atoms with Gasteiger partial charge in [-0.3, -0.25) is 0 Å². The minimum absolute atomic E-state index is 0.164. The van der Waals surface area contributed by atoms with Crippen LogP contribution in [0.3, 0.4) is 0 Å². The van der Waals surface area contributed by atoms with Gasteiger partial charge < -0.3 is 15.3 Å². The molecule has 5 nitrogen and oxygen atoms in total. The molecule has 1 aliphatic rings. The fraction of sp³-hybridized carbons (Fsp3) is 0.556. The van der Waals surface area contributed by atoms with Crippen LogP contribution in [0.5, 0.6) is 5.75 Å². The highest BCUT2D eigenvalue weighted by Gasteiger charge is 2.15. The van der Waals surface area contributed by atoms with Crippen molar-refractivity contribution in [3.05, 3.63) is 12.0 Å². The number of hydrogen-bond donors (Lipinski definition) is 2. The van der Waals surface area contributed by atoms with Gasteiger partial charge >= 0.3 is 0 Å². The second-order valence-electron chi connectivity index (χ2n) is 3.36. The van der Waals surface area contributed by atoms with Gasteiger partial charge in [0.25, 0.3) is 0 Å². The van der Waals surface area contributed by atoms with E-state index in [-0.39, 0.29) is 5.75 Å². The topological polar surface area (TPSA) is 61.3 Å². The third kappa shape index (κ3) is 1.77. The van der Waals surface area contributed by atoms with Crippen molar-refractivity contribution in [2.24, 2.45) is 0 Å². The monoisotopic (exact) mass is 194 g/mol. The zero-order valence-corrected chi connectivity index (χ0v) is 8.19. The zero-order chi connectivity index (χ0) is 9.97. The van der Waals surface area contributed by atoms with Crippen LogP contribution in [0.4, 0.5) is 5.82 Å². The Morgan fingerprint density at radius 2 is 2.14 bits per heavy atom. The lowest BCUT2D eigenvalue weighted by atomic mass is 10.3. The summed E-state index contributed by atoms with van der Waals surface area (Å²) in [4.78, 5) is 10.2. The minimum atomic E-state index is 0.164. The molecule has 1 fully saturated rings. The molecule has 2 heterocycles. The van der Waals surface area contributed by atoms with E-state index >= 15 is 0 Å². The minimum Gasteiger partial charge on any atom is -0.503 e. The van der Waals surface area contributed by atoms with Gasteiger partial charge in [0.1, 0.15) is 5.82 Å². The summed E-state index contributed by atoms with van der Waals surface area (Å²) in [6, 6.07) is 0. The van der Waals surface area contributed by atoms with Crippen LogP contribution in [0.1, 0.15) is 5.82 Å². The van der Waals surface area contributed by atoms with Gasteiger partial charge in [0.15, 0.2) is 11.6 Å². The molecule has 2 N–H and O–H groups in total. The highest BCUT2D eigenvalue weighted by molar-refractivity contribution is 5.50. The van der Waals surface area contributed by atoms with Crippen molar-refractivity contribution in [2.45, 2.75) is 6.92 Å². The molecule has 0 radical (unpaired) electrons. The predicted molar refractivity (Wildman–Crippen MR) is 53.5 cm³/mol. The average Bonchev–Trinajstić information content (AvgIpc) is 2.23. The first kappa shape index (κ1) is 9.21. The van der Waals surface area contributed by atoms with Crippen molar-refractivity contribution in [2.75, 3.05) is 31.1 Å². The number of hydrogen-bond acceptors (Lipinski definition) is 5. The van der Waals surface area contributed by atoms with Crippen LogP contribution < -0.4 is 10.2 Å². The first-order valence-electron chi connectivity index (χ1n) is 4.75. The summed E-state index contributed by atoms with van der Waals surface area (Å²) in [6.45, 7) is 5.45. The first-order chi connectivity index (χ1) is 6.77. The molecule has 0 aliphatic carbocycles. The molecule has 1 aromatic heterocycles. The normalized spacial score (nSPS) is 17.1. The molecule has 0 spiro atoms. The fourth-order valence-corrected chi connectivity index (χ4v) is 1.56. The Hall–Kier alpha value is -1.36. The van der Waals surface area contributed by atoms with Crippen LogP contribution >= 0.6 is 0 Å². The number of aryl methyl sites for hydroxylation is 1. The van der Waals surface area contributed by atoms with Gasteiger partial charge in [0, 0.05) is 26.2 Å². The number of anilines is 1. The highest BCUT2D eigenvalue weighted by atomic mass is 16.3. The Balaban J connectivity index is 2.24. The van der Waals surface area contributed by atoms with E-state index in [1.807, 2.05) is 6.92 Å². The molecule has 1 aliphatic heterocycles. The van der Waals surface area contributed by atoms with E-state index in [1.54, 1.807) is 0 Å². The Labute approximate surface area is 82.8 Å². The molecule has 14 heavy (non-hydrogen) atoms. The summed E-state index contributed by atoms with van der Waals surface area (Å²) < 4.78 is 0. The Morgan fingerprint density at radius 1 is 1.43 bits per heavy atom. The van der Waals surface area contributed by atoms with E-state index in [2.05, 4.69) is 20.2 Å². The number of nitrogens with one attached hydrogen (secondary N) is 1. The molecule has 0 unspecified atom stereocenters. The Bertz CT molecular complexity index is 323. The quantitative estimate of drug-likeness (QED) is 0.653. The summed E-state index contributed by atoms with van der Waals surface area (Å²) in [7, 11) is 0. The summed E-state index contributed by atoms with van der Waals surface area (Å²) >= 11 is 0. The third-order valence-corrected chi connectivity index (χ3v) is 2.29. The average molecular weight is 194 g/mol. The van der Waals surface area contributed by atoms with Crippen molar-refractivity contribution in [1.29, 1.82) is 0 Å². The summed E-state index contributed by atoms with van der Waals surface area (Å²) in [5.41, 5.74) is 0. The van der Waals surface area contributed by atoms with Crippen LogP contribution in [0.15, 0.2) is 6.20 Å². The van der Waals surface area contributed by atoms with Crippen LogP contribution in [0.2, 0.25) is 0 Å². The zero-order valence-electron chi connectivity index (χ0n) is 8.19. The number of piperazine rings is 1. The van der Waals surface area contributed by atoms with Gasteiger partial charge in [-0.2, -0.15) is 0 Å². The summed E-state index contributed by atoms with van der Waals surface area (Å²) in [6.07, 6.45) is 1.46. The van der Waals surface area contributed by atoms with Crippen molar-refractivity contribution < 1.29 is 5.11 Å². The van der Waals surface area contributed by atoms with Gasteiger partial charge in [0.2, 0.25) is 0 Å². The second-order valence-corrected chi connectivity index (χ2v) is 3.36. The molecule has 0 aromatic carbocycles. The maximum Gasteiger partial charge on any atom is 0.177 e. The van der Waals surface area contributed by atoms with Crippen LogP contribution in [-0.4, -0.2) is 41.3 Å². The number of aromatic hydroxyl groups is 1. The molecule has 0 bridgehead atoms. The Kier molecular flexibility index (Phi) is 2.49. The summed E-state index contributed by atoms with van der Waals surface area (Å²) in [5, 5.41) is 12.9. The molecule has 5 heteroatoms. The second kappa shape index (κ2) is 3.79. The Morgan fingerprint density at radius 3 is 2.86 bits per heavy atom. The molecule has 0 saturated carbocycles. The maximum atomic E-state index is 9.60. The number of aromatic nitrogens is 2. The smallest absolute Gasteiger partial charge is 0.177 e. The number of nitrogens with zero attached hydrogens (tertiary/aromatic N) is 3. The lowest BCUT2D eigenvalue weighted by Gasteiger charge is -2.28. The molecule has 0 atom stereocenters. The van der Waals surface area contributed by atoms with Gasteiger partial charge in [-0.1, -0.05) is 0 Å². The van der Waals surface area contributed by atoms with Gasteiger partial charge in [-0.25, -0.2) is 9.97 Å². The lowest BCUT2D eigenvalue weighted by Crippen LogP contribution is -2.44. The molecular weight excluding hydrogens is 180 g/mol. The van der Waals surface area contributed by atoms with Crippen LogP contribution in [0, 0.1) is 6.92 Å². The SMILES string of the molecule is Cc1ncc(O)c(N2CCNCC2)n1. The van der Waals surface area contributed by atoms with E-state index in [0.29, 0.717) is 11.6 Å². The molecule has 1 saturated heterocycles. The van der Waals surface area contributed by atoms with E-state index in [1.165, 1.54) is 6.20 Å². The maximum absolute atomic E-state index is 9.60. The van der Waals surface area contributed by atoms with Crippen molar-refractivity contribution in [3.8, 4) is 5.75 Å². The number of rotatable bonds is 1. The van der Waals surface area contributed by atoms with Gasteiger partial charge in [0.05, 0.1) is 6.20 Å². The first-order valence-corrected chi connectivity index (χ1v) is 4.75. The standard InChI is InChI=1S/C9H14N4O/c1-7-11-6-8(14)9(12-7)13-4-2-10-3-5-13/h6,10,14H,2-5H2,1H3.